The predicted octanol–water partition coefficient (Wildman–Crippen LogP) is 4.91. The molecule has 2 aromatic carbocycles. The Kier molecular flexibility index (Phi) is 4.79. The first-order valence-electron chi connectivity index (χ1n) is 6.57. The zero-order valence-corrected chi connectivity index (χ0v) is 13.2. The highest BCUT2D eigenvalue weighted by molar-refractivity contribution is 6.39. The minimum atomic E-state index is 0.579. The fourth-order valence-corrected chi connectivity index (χ4v) is 2.97. The van der Waals surface area contributed by atoms with E-state index in [1.54, 1.807) is 12.1 Å². The molecule has 0 saturated carbocycles. The Hall–Kier alpha value is -1.38. The lowest BCUT2D eigenvalue weighted by atomic mass is 10.1. The van der Waals surface area contributed by atoms with Crippen LogP contribution in [0.1, 0.15) is 18.1 Å². The van der Waals surface area contributed by atoms with Gasteiger partial charge in [-0.3, -0.25) is 0 Å². The molecule has 0 bridgehead atoms. The highest BCUT2D eigenvalue weighted by Gasteiger charge is 2.15. The summed E-state index contributed by atoms with van der Waals surface area (Å²) in [7, 11) is 0. The van der Waals surface area contributed by atoms with Gasteiger partial charge in [0.15, 0.2) is 0 Å². The second-order valence-electron chi connectivity index (χ2n) is 4.77. The highest BCUT2D eigenvalue weighted by Crippen LogP contribution is 2.36. The van der Waals surface area contributed by atoms with E-state index in [2.05, 4.69) is 30.9 Å². The van der Waals surface area contributed by atoms with Crippen molar-refractivity contribution in [3.8, 4) is 0 Å². The predicted molar refractivity (Wildman–Crippen MR) is 88.8 cm³/mol. The first-order chi connectivity index (χ1) is 9.52. The first kappa shape index (κ1) is 15.0. The van der Waals surface area contributed by atoms with Gasteiger partial charge in [0.05, 0.1) is 15.7 Å². The SMILES string of the molecule is CCN(Cc1ccccc1C)c1c(Cl)cc(N)cc1Cl. The van der Waals surface area contributed by atoms with Gasteiger partial charge in [-0.05, 0) is 37.1 Å². The zero-order valence-electron chi connectivity index (χ0n) is 11.7. The zero-order chi connectivity index (χ0) is 14.7. The summed E-state index contributed by atoms with van der Waals surface area (Å²) >= 11 is 12.6. The molecule has 2 aromatic rings. The number of nitrogens with two attached hydrogens (primary N) is 1. The Balaban J connectivity index is 2.37. The molecule has 4 heteroatoms. The summed E-state index contributed by atoms with van der Waals surface area (Å²) in [6.07, 6.45) is 0. The lowest BCUT2D eigenvalue weighted by Crippen LogP contribution is -2.23. The van der Waals surface area contributed by atoms with Crippen LogP contribution in [0.15, 0.2) is 36.4 Å². The van der Waals surface area contributed by atoms with E-state index in [0.717, 1.165) is 18.8 Å². The van der Waals surface area contributed by atoms with Gasteiger partial charge in [0.1, 0.15) is 0 Å². The number of nitrogens with zero attached hydrogens (tertiary/aromatic N) is 1. The van der Waals surface area contributed by atoms with Crippen molar-refractivity contribution in [1.29, 1.82) is 0 Å². The fraction of sp³-hybridized carbons (Fsp3) is 0.250. The first-order valence-corrected chi connectivity index (χ1v) is 7.32. The van der Waals surface area contributed by atoms with Gasteiger partial charge in [0.2, 0.25) is 0 Å². The molecule has 0 unspecified atom stereocenters. The maximum atomic E-state index is 6.31. The van der Waals surface area contributed by atoms with E-state index in [4.69, 9.17) is 28.9 Å². The number of hydrogen-bond acceptors (Lipinski definition) is 2. The Morgan fingerprint density at radius 3 is 2.25 bits per heavy atom. The van der Waals surface area contributed by atoms with Gasteiger partial charge in [-0.15, -0.1) is 0 Å². The van der Waals surface area contributed by atoms with Gasteiger partial charge >= 0.3 is 0 Å². The molecule has 0 amide bonds. The number of benzene rings is 2. The molecule has 106 valence electrons. The van der Waals surface area contributed by atoms with Crippen LogP contribution in [-0.2, 0) is 6.54 Å². The summed E-state index contributed by atoms with van der Waals surface area (Å²) in [5, 5.41) is 1.18. The standard InChI is InChI=1S/C16H18Cl2N2/c1-3-20(10-12-7-5-4-6-11(12)2)16-14(17)8-13(19)9-15(16)18/h4-9H,3,10,19H2,1-2H3. The van der Waals surface area contributed by atoms with Crippen molar-refractivity contribution in [3.63, 3.8) is 0 Å². The van der Waals surface area contributed by atoms with Crippen LogP contribution in [0.5, 0.6) is 0 Å². The minimum Gasteiger partial charge on any atom is -0.399 e. The third-order valence-corrected chi connectivity index (χ3v) is 3.94. The second kappa shape index (κ2) is 6.38. The summed E-state index contributed by atoms with van der Waals surface area (Å²) in [6.45, 7) is 5.78. The number of aryl methyl sites for hydroxylation is 1. The monoisotopic (exact) mass is 308 g/mol. The van der Waals surface area contributed by atoms with E-state index in [1.165, 1.54) is 11.1 Å². The molecule has 0 atom stereocenters. The van der Waals surface area contributed by atoms with Gasteiger partial charge < -0.3 is 10.6 Å². The Morgan fingerprint density at radius 1 is 1.10 bits per heavy atom. The number of nitrogen functional groups attached to an aromatic ring is 1. The maximum Gasteiger partial charge on any atom is 0.0749 e. The van der Waals surface area contributed by atoms with Gasteiger partial charge in [0.25, 0.3) is 0 Å². The van der Waals surface area contributed by atoms with Crippen LogP contribution in [0.4, 0.5) is 11.4 Å². The fourth-order valence-electron chi connectivity index (χ4n) is 2.23. The third-order valence-electron chi connectivity index (χ3n) is 3.36. The van der Waals surface area contributed by atoms with Crippen molar-refractivity contribution in [2.45, 2.75) is 20.4 Å². The maximum absolute atomic E-state index is 6.31. The van der Waals surface area contributed by atoms with Crippen LogP contribution < -0.4 is 10.6 Å². The van der Waals surface area contributed by atoms with E-state index < -0.39 is 0 Å². The summed E-state index contributed by atoms with van der Waals surface area (Å²) in [4.78, 5) is 2.16. The summed E-state index contributed by atoms with van der Waals surface area (Å²) in [5.74, 6) is 0. The number of halogens is 2. The van der Waals surface area contributed by atoms with Crippen molar-refractivity contribution in [3.05, 3.63) is 57.6 Å². The number of anilines is 2. The Morgan fingerprint density at radius 2 is 1.70 bits per heavy atom. The van der Waals surface area contributed by atoms with Crippen molar-refractivity contribution in [1.82, 2.24) is 0 Å². The van der Waals surface area contributed by atoms with E-state index >= 15 is 0 Å². The molecule has 0 radical (unpaired) electrons. The van der Waals surface area contributed by atoms with E-state index in [-0.39, 0.29) is 0 Å². The molecule has 0 spiro atoms. The molecule has 0 aliphatic carbocycles. The smallest absolute Gasteiger partial charge is 0.0749 e. The average Bonchev–Trinajstić information content (AvgIpc) is 2.38. The second-order valence-corrected chi connectivity index (χ2v) is 5.59. The Bertz CT molecular complexity index is 588. The van der Waals surface area contributed by atoms with Crippen LogP contribution in [0.2, 0.25) is 10.0 Å². The molecule has 0 fully saturated rings. The lowest BCUT2D eigenvalue weighted by molar-refractivity contribution is 0.827. The van der Waals surface area contributed by atoms with Crippen molar-refractivity contribution in [2.24, 2.45) is 0 Å². The van der Waals surface area contributed by atoms with Crippen LogP contribution in [0.3, 0.4) is 0 Å². The normalized spacial score (nSPS) is 10.6. The number of hydrogen-bond donors (Lipinski definition) is 1. The molecule has 0 aliphatic rings. The average molecular weight is 309 g/mol. The van der Waals surface area contributed by atoms with Crippen molar-refractivity contribution < 1.29 is 0 Å². The summed E-state index contributed by atoms with van der Waals surface area (Å²) in [6, 6.07) is 11.8. The van der Waals surface area contributed by atoms with Crippen LogP contribution in [0, 0.1) is 6.92 Å². The Labute approximate surface area is 130 Å². The third kappa shape index (κ3) is 3.20. The van der Waals surface area contributed by atoms with Crippen molar-refractivity contribution in [2.75, 3.05) is 17.2 Å². The van der Waals surface area contributed by atoms with Crippen LogP contribution >= 0.6 is 23.2 Å². The number of rotatable bonds is 4. The molecule has 0 aliphatic heterocycles. The highest BCUT2D eigenvalue weighted by atomic mass is 35.5. The largest absolute Gasteiger partial charge is 0.399 e. The minimum absolute atomic E-state index is 0.579. The lowest BCUT2D eigenvalue weighted by Gasteiger charge is -2.26. The summed E-state index contributed by atoms with van der Waals surface area (Å²) < 4.78 is 0. The van der Waals surface area contributed by atoms with E-state index in [9.17, 15) is 0 Å². The molecule has 20 heavy (non-hydrogen) atoms. The quantitative estimate of drug-likeness (QED) is 0.813. The molecule has 2 rings (SSSR count). The van der Waals surface area contributed by atoms with Crippen LogP contribution in [0.25, 0.3) is 0 Å². The van der Waals surface area contributed by atoms with Gasteiger partial charge in [-0.1, -0.05) is 47.5 Å². The van der Waals surface area contributed by atoms with E-state index in [0.29, 0.717) is 15.7 Å². The molecule has 2 nitrogen and oxygen atoms in total. The molecular formula is C16H18Cl2N2. The van der Waals surface area contributed by atoms with Crippen LogP contribution in [-0.4, -0.2) is 6.54 Å². The van der Waals surface area contributed by atoms with Gasteiger partial charge in [-0.2, -0.15) is 0 Å². The molecule has 2 N–H and O–H groups in total. The van der Waals surface area contributed by atoms with Gasteiger partial charge in [-0.25, -0.2) is 0 Å². The topological polar surface area (TPSA) is 29.3 Å². The molecule has 0 aromatic heterocycles. The summed E-state index contributed by atoms with van der Waals surface area (Å²) in [5.41, 5.74) is 9.70. The molecule has 0 saturated heterocycles. The molecule has 0 heterocycles. The van der Waals surface area contributed by atoms with Crippen molar-refractivity contribution >= 4 is 34.6 Å². The molecular weight excluding hydrogens is 291 g/mol. The van der Waals surface area contributed by atoms with Gasteiger partial charge in [0, 0.05) is 18.8 Å². The van der Waals surface area contributed by atoms with E-state index in [1.807, 2.05) is 12.1 Å².